The molecule has 3 rings (SSSR count). The smallest absolute Gasteiger partial charge is 0.309 e. The van der Waals surface area contributed by atoms with Crippen LogP contribution in [0, 0.1) is 5.92 Å². The first-order chi connectivity index (χ1) is 11.7. The maximum Gasteiger partial charge on any atom is 0.309 e. The molecule has 1 saturated heterocycles. The second-order valence-corrected chi connectivity index (χ2v) is 6.17. The predicted molar refractivity (Wildman–Crippen MR) is 89.8 cm³/mol. The molecule has 1 aliphatic rings. The molecule has 0 spiro atoms. The summed E-state index contributed by atoms with van der Waals surface area (Å²) in [5.74, 6) is -0.221. The molecular weight excluding hydrogens is 308 g/mol. The number of piperidine rings is 1. The molecular formula is C18H24N2O4. The number of aryl methyl sites for hydroxylation is 1. The van der Waals surface area contributed by atoms with Crippen LogP contribution in [0.3, 0.4) is 0 Å². The van der Waals surface area contributed by atoms with Crippen molar-refractivity contribution < 1.29 is 18.7 Å². The highest BCUT2D eigenvalue weighted by molar-refractivity contribution is 5.97. The van der Waals surface area contributed by atoms with Crippen LogP contribution in [-0.4, -0.2) is 41.0 Å². The topological polar surface area (TPSA) is 64.7 Å². The number of fused-ring (bicyclic) bond motifs is 1. The summed E-state index contributed by atoms with van der Waals surface area (Å²) in [6.07, 6.45) is 3.92. The minimum absolute atomic E-state index is 0.0113. The van der Waals surface area contributed by atoms with Gasteiger partial charge >= 0.3 is 5.97 Å². The Labute approximate surface area is 141 Å². The number of carbonyl (C=O) groups is 2. The molecule has 2 aromatic rings. The predicted octanol–water partition coefficient (Wildman–Crippen LogP) is 3.06. The zero-order valence-electron chi connectivity index (χ0n) is 14.3. The van der Waals surface area contributed by atoms with Gasteiger partial charge in [0.2, 0.25) is 0 Å². The zero-order valence-corrected chi connectivity index (χ0v) is 14.3. The van der Waals surface area contributed by atoms with Crippen LogP contribution in [0.1, 0.15) is 43.6 Å². The van der Waals surface area contributed by atoms with Crippen molar-refractivity contribution in [1.29, 1.82) is 0 Å². The highest BCUT2D eigenvalue weighted by Gasteiger charge is 2.30. The largest absolute Gasteiger partial charge is 0.466 e. The fourth-order valence-electron chi connectivity index (χ4n) is 3.36. The van der Waals surface area contributed by atoms with Gasteiger partial charge < -0.3 is 18.6 Å². The van der Waals surface area contributed by atoms with Crippen LogP contribution < -0.4 is 0 Å². The van der Waals surface area contributed by atoms with Crippen LogP contribution in [0.2, 0.25) is 0 Å². The molecule has 3 heterocycles. The zero-order chi connectivity index (χ0) is 17.1. The van der Waals surface area contributed by atoms with E-state index in [1.54, 1.807) is 6.26 Å². The molecule has 0 aromatic carbocycles. The van der Waals surface area contributed by atoms with Crippen molar-refractivity contribution in [2.24, 2.45) is 5.92 Å². The molecule has 0 radical (unpaired) electrons. The molecule has 130 valence electrons. The van der Waals surface area contributed by atoms with Crippen molar-refractivity contribution in [3.05, 3.63) is 24.1 Å². The van der Waals surface area contributed by atoms with Gasteiger partial charge in [0, 0.05) is 31.8 Å². The molecule has 6 heteroatoms. The van der Waals surface area contributed by atoms with Crippen molar-refractivity contribution in [2.45, 2.75) is 39.7 Å². The van der Waals surface area contributed by atoms with E-state index >= 15 is 0 Å². The third-order valence-electron chi connectivity index (χ3n) is 4.59. The van der Waals surface area contributed by atoms with Crippen LogP contribution in [0.5, 0.6) is 0 Å². The summed E-state index contributed by atoms with van der Waals surface area (Å²) in [4.78, 5) is 26.6. The normalized spacial score (nSPS) is 15.8. The third-order valence-corrected chi connectivity index (χ3v) is 4.59. The lowest BCUT2D eigenvalue weighted by atomic mass is 9.97. The molecule has 1 aliphatic heterocycles. The summed E-state index contributed by atoms with van der Waals surface area (Å²) in [5, 5.41) is 0. The van der Waals surface area contributed by atoms with E-state index in [0.717, 1.165) is 24.1 Å². The fourth-order valence-corrected chi connectivity index (χ4v) is 3.36. The van der Waals surface area contributed by atoms with Gasteiger partial charge in [-0.1, -0.05) is 6.92 Å². The maximum atomic E-state index is 12.9. The van der Waals surface area contributed by atoms with Gasteiger partial charge in [0.25, 0.3) is 5.91 Å². The van der Waals surface area contributed by atoms with Gasteiger partial charge in [-0.3, -0.25) is 9.59 Å². The fraction of sp³-hybridized carbons (Fsp3) is 0.556. The third kappa shape index (κ3) is 3.05. The highest BCUT2D eigenvalue weighted by Crippen LogP contribution is 2.25. The average molecular weight is 332 g/mol. The Balaban J connectivity index is 1.72. The van der Waals surface area contributed by atoms with Gasteiger partial charge in [-0.05, 0) is 26.2 Å². The molecule has 0 bridgehead atoms. The van der Waals surface area contributed by atoms with Gasteiger partial charge in [-0.2, -0.15) is 0 Å². The van der Waals surface area contributed by atoms with E-state index in [-0.39, 0.29) is 17.8 Å². The minimum atomic E-state index is -0.142. The first-order valence-corrected chi connectivity index (χ1v) is 8.68. The Kier molecular flexibility index (Phi) is 4.92. The van der Waals surface area contributed by atoms with E-state index in [2.05, 4.69) is 6.92 Å². The standard InChI is InChI=1S/C18H24N2O4/c1-3-8-20-14-7-11-24-16(14)12-15(20)17(21)19-9-5-13(6-10-19)18(22)23-4-2/h7,11-13H,3-6,8-10H2,1-2H3. The average Bonchev–Trinajstić information content (AvgIpc) is 3.17. The molecule has 0 aliphatic carbocycles. The maximum absolute atomic E-state index is 12.9. The van der Waals surface area contributed by atoms with E-state index in [9.17, 15) is 9.59 Å². The SMILES string of the molecule is CCCn1c(C(=O)N2CCC(C(=O)OCC)CC2)cc2occc21. The number of likely N-dealkylation sites (tertiary alicyclic amines) is 1. The molecule has 1 amide bonds. The van der Waals surface area contributed by atoms with Gasteiger partial charge in [-0.25, -0.2) is 0 Å². The van der Waals surface area contributed by atoms with Gasteiger partial charge in [0.15, 0.2) is 5.58 Å². The summed E-state index contributed by atoms with van der Waals surface area (Å²) >= 11 is 0. The Hall–Kier alpha value is -2.24. The van der Waals surface area contributed by atoms with Crippen LogP contribution in [0.4, 0.5) is 0 Å². The molecule has 0 unspecified atom stereocenters. The van der Waals surface area contributed by atoms with E-state index in [0.29, 0.717) is 38.2 Å². The Morgan fingerprint density at radius 1 is 1.29 bits per heavy atom. The molecule has 24 heavy (non-hydrogen) atoms. The van der Waals surface area contributed by atoms with Crippen molar-refractivity contribution in [3.8, 4) is 0 Å². The number of furan rings is 1. The highest BCUT2D eigenvalue weighted by atomic mass is 16.5. The Morgan fingerprint density at radius 3 is 2.71 bits per heavy atom. The second-order valence-electron chi connectivity index (χ2n) is 6.17. The molecule has 2 aromatic heterocycles. The monoisotopic (exact) mass is 332 g/mol. The number of amides is 1. The van der Waals surface area contributed by atoms with E-state index < -0.39 is 0 Å². The van der Waals surface area contributed by atoms with E-state index in [4.69, 9.17) is 9.15 Å². The Bertz CT molecular complexity index is 723. The van der Waals surface area contributed by atoms with Crippen molar-refractivity contribution in [1.82, 2.24) is 9.47 Å². The molecule has 6 nitrogen and oxygen atoms in total. The summed E-state index contributed by atoms with van der Waals surface area (Å²) in [5.41, 5.74) is 2.37. The van der Waals surface area contributed by atoms with Gasteiger partial charge in [0.05, 0.1) is 24.3 Å². The summed E-state index contributed by atoms with van der Waals surface area (Å²) in [7, 11) is 0. The molecule has 0 N–H and O–H groups in total. The number of rotatable bonds is 5. The van der Waals surface area contributed by atoms with E-state index in [1.807, 2.05) is 28.5 Å². The quantitative estimate of drug-likeness (QED) is 0.789. The number of hydrogen-bond donors (Lipinski definition) is 0. The number of esters is 1. The molecule has 1 fully saturated rings. The summed E-state index contributed by atoms with van der Waals surface area (Å²) in [6.45, 7) is 6.26. The Morgan fingerprint density at radius 2 is 2.04 bits per heavy atom. The number of carbonyl (C=O) groups excluding carboxylic acids is 2. The molecule has 0 saturated carbocycles. The summed E-state index contributed by atoms with van der Waals surface area (Å²) in [6, 6.07) is 3.72. The minimum Gasteiger partial charge on any atom is -0.466 e. The van der Waals surface area contributed by atoms with Crippen molar-refractivity contribution in [3.63, 3.8) is 0 Å². The number of nitrogens with zero attached hydrogens (tertiary/aromatic N) is 2. The first-order valence-electron chi connectivity index (χ1n) is 8.68. The van der Waals surface area contributed by atoms with Crippen LogP contribution in [0.15, 0.2) is 22.8 Å². The van der Waals surface area contributed by atoms with Gasteiger partial charge in [-0.15, -0.1) is 0 Å². The van der Waals surface area contributed by atoms with Crippen molar-refractivity contribution >= 4 is 23.0 Å². The lowest BCUT2D eigenvalue weighted by Gasteiger charge is -2.31. The lowest BCUT2D eigenvalue weighted by Crippen LogP contribution is -2.41. The van der Waals surface area contributed by atoms with Crippen LogP contribution in [-0.2, 0) is 16.1 Å². The van der Waals surface area contributed by atoms with E-state index in [1.165, 1.54) is 0 Å². The number of ether oxygens (including phenoxy) is 1. The van der Waals surface area contributed by atoms with Crippen molar-refractivity contribution in [2.75, 3.05) is 19.7 Å². The second kappa shape index (κ2) is 7.11. The van der Waals surface area contributed by atoms with Crippen LogP contribution >= 0.6 is 0 Å². The first kappa shape index (κ1) is 16.6. The van der Waals surface area contributed by atoms with Crippen LogP contribution in [0.25, 0.3) is 11.1 Å². The number of aromatic nitrogens is 1. The summed E-state index contributed by atoms with van der Waals surface area (Å²) < 4.78 is 12.6. The molecule has 0 atom stereocenters. The van der Waals surface area contributed by atoms with Gasteiger partial charge in [0.1, 0.15) is 5.69 Å². The number of hydrogen-bond acceptors (Lipinski definition) is 4. The lowest BCUT2D eigenvalue weighted by molar-refractivity contribution is -0.149.